The van der Waals surface area contributed by atoms with Crippen LogP contribution in [-0.2, 0) is 11.3 Å². The molecule has 0 aliphatic rings. The monoisotopic (exact) mass is 253 g/mol. The maximum Gasteiger partial charge on any atom is 0.239 e. The average Bonchev–Trinajstić information content (AvgIpc) is 2.36. The van der Waals surface area contributed by atoms with E-state index >= 15 is 0 Å². The van der Waals surface area contributed by atoms with Gasteiger partial charge in [-0.2, -0.15) is 0 Å². The molecular weight excluding hydrogens is 233 g/mol. The van der Waals surface area contributed by atoms with Crippen LogP contribution in [0.2, 0.25) is 0 Å². The molecule has 0 heterocycles. The number of anilines is 1. The Balaban J connectivity index is 2.92. The first-order chi connectivity index (χ1) is 8.60. The fourth-order valence-corrected chi connectivity index (χ4v) is 1.71. The van der Waals surface area contributed by atoms with Crippen LogP contribution in [0.25, 0.3) is 0 Å². The van der Waals surface area contributed by atoms with Gasteiger partial charge in [-0.05, 0) is 18.7 Å². The summed E-state index contributed by atoms with van der Waals surface area (Å²) in [6.07, 6.45) is 0. The molecule has 5 heteroatoms. The molecule has 4 nitrogen and oxygen atoms in total. The third-order valence-electron chi connectivity index (χ3n) is 2.72. The van der Waals surface area contributed by atoms with Crippen molar-refractivity contribution in [3.63, 3.8) is 0 Å². The molecule has 0 saturated heterocycles. The number of carbonyl (C=O) groups is 1. The fraction of sp³-hybridized carbons (Fsp3) is 0.462. The first-order valence-corrected chi connectivity index (χ1v) is 6.00. The lowest BCUT2D eigenvalue weighted by Gasteiger charge is -2.22. The highest BCUT2D eigenvalue weighted by Crippen LogP contribution is 2.22. The number of likely N-dealkylation sites (N-methyl/N-ethyl adjacent to an activating group) is 2. The molecule has 0 aliphatic carbocycles. The molecule has 0 aromatic heterocycles. The maximum atomic E-state index is 13.8. The molecule has 18 heavy (non-hydrogen) atoms. The normalized spacial score (nSPS) is 10.2. The number of carbonyl (C=O) groups excluding carboxylic acids is 1. The predicted molar refractivity (Wildman–Crippen MR) is 71.1 cm³/mol. The minimum atomic E-state index is -0.253. The van der Waals surface area contributed by atoms with Crippen molar-refractivity contribution in [3.05, 3.63) is 29.6 Å². The second-order valence-corrected chi connectivity index (χ2v) is 4.05. The van der Waals surface area contributed by atoms with Gasteiger partial charge in [-0.3, -0.25) is 4.79 Å². The van der Waals surface area contributed by atoms with Crippen LogP contribution in [0.1, 0.15) is 12.5 Å². The summed E-state index contributed by atoms with van der Waals surface area (Å²) in [5.74, 6) is -0.353. The minimum absolute atomic E-state index is 0.101. The van der Waals surface area contributed by atoms with E-state index in [4.69, 9.17) is 0 Å². The average molecular weight is 253 g/mol. The highest BCUT2D eigenvalue weighted by molar-refractivity contribution is 5.81. The van der Waals surface area contributed by atoms with Crippen molar-refractivity contribution in [1.82, 2.24) is 10.6 Å². The molecule has 0 radical (unpaired) electrons. The maximum absolute atomic E-state index is 13.8. The van der Waals surface area contributed by atoms with Crippen LogP contribution < -0.4 is 15.5 Å². The summed E-state index contributed by atoms with van der Waals surface area (Å²) in [6, 6.07) is 4.91. The van der Waals surface area contributed by atoms with Gasteiger partial charge < -0.3 is 15.5 Å². The van der Waals surface area contributed by atoms with E-state index in [9.17, 15) is 9.18 Å². The van der Waals surface area contributed by atoms with Crippen LogP contribution in [0.15, 0.2) is 18.2 Å². The Morgan fingerprint density at radius 3 is 2.78 bits per heavy atom. The first-order valence-electron chi connectivity index (χ1n) is 6.00. The largest absolute Gasteiger partial charge is 0.365 e. The zero-order valence-corrected chi connectivity index (χ0v) is 11.1. The van der Waals surface area contributed by atoms with Gasteiger partial charge in [-0.15, -0.1) is 0 Å². The molecule has 100 valence electrons. The van der Waals surface area contributed by atoms with Crippen LogP contribution in [0, 0.1) is 5.82 Å². The standard InChI is InChI=1S/C13H20FN3O/c1-4-16-8-10-11(14)6-5-7-12(10)17(3)9-13(18)15-2/h5-7,16H,4,8-9H2,1-3H3,(H,15,18). The first kappa shape index (κ1) is 14.4. The summed E-state index contributed by atoms with van der Waals surface area (Å²) < 4.78 is 13.8. The number of benzene rings is 1. The zero-order chi connectivity index (χ0) is 13.5. The number of hydrogen-bond acceptors (Lipinski definition) is 3. The summed E-state index contributed by atoms with van der Waals surface area (Å²) in [7, 11) is 3.36. The molecule has 0 spiro atoms. The van der Waals surface area contributed by atoms with Crippen molar-refractivity contribution in [3.8, 4) is 0 Å². The van der Waals surface area contributed by atoms with Crippen molar-refractivity contribution in [1.29, 1.82) is 0 Å². The lowest BCUT2D eigenvalue weighted by molar-refractivity contribution is -0.119. The molecule has 1 aromatic rings. The quantitative estimate of drug-likeness (QED) is 0.798. The molecule has 0 fully saturated rings. The predicted octanol–water partition coefficient (Wildman–Crippen LogP) is 1.12. The Kier molecular flexibility index (Phi) is 5.58. The van der Waals surface area contributed by atoms with E-state index in [0.29, 0.717) is 12.1 Å². The second-order valence-electron chi connectivity index (χ2n) is 4.05. The van der Waals surface area contributed by atoms with E-state index in [1.165, 1.54) is 6.07 Å². The third-order valence-corrected chi connectivity index (χ3v) is 2.72. The van der Waals surface area contributed by atoms with E-state index in [0.717, 1.165) is 12.2 Å². The molecular formula is C13H20FN3O. The van der Waals surface area contributed by atoms with Gasteiger partial charge in [0.05, 0.1) is 6.54 Å². The topological polar surface area (TPSA) is 44.4 Å². The molecule has 1 amide bonds. The molecule has 0 bridgehead atoms. The summed E-state index contributed by atoms with van der Waals surface area (Å²) >= 11 is 0. The molecule has 2 N–H and O–H groups in total. The Hall–Kier alpha value is -1.62. The lowest BCUT2D eigenvalue weighted by Crippen LogP contribution is -2.33. The highest BCUT2D eigenvalue weighted by Gasteiger charge is 2.13. The summed E-state index contributed by atoms with van der Waals surface area (Å²) in [6.45, 7) is 3.40. The van der Waals surface area contributed by atoms with Gasteiger partial charge in [0, 0.05) is 31.9 Å². The highest BCUT2D eigenvalue weighted by atomic mass is 19.1. The second kappa shape index (κ2) is 6.96. The minimum Gasteiger partial charge on any atom is -0.365 e. The van der Waals surface area contributed by atoms with E-state index < -0.39 is 0 Å². The Morgan fingerprint density at radius 2 is 2.17 bits per heavy atom. The number of halogens is 1. The van der Waals surface area contributed by atoms with Gasteiger partial charge in [0.2, 0.25) is 5.91 Å². The van der Waals surface area contributed by atoms with Gasteiger partial charge >= 0.3 is 0 Å². The van der Waals surface area contributed by atoms with Gasteiger partial charge in [-0.25, -0.2) is 4.39 Å². The Labute approximate surface area is 107 Å². The van der Waals surface area contributed by atoms with Crippen LogP contribution in [0.3, 0.4) is 0 Å². The summed E-state index contributed by atoms with van der Waals surface area (Å²) in [5, 5.41) is 5.65. The van der Waals surface area contributed by atoms with Crippen LogP contribution in [0.5, 0.6) is 0 Å². The van der Waals surface area contributed by atoms with Crippen LogP contribution >= 0.6 is 0 Å². The molecule has 0 atom stereocenters. The number of amides is 1. The number of nitrogens with zero attached hydrogens (tertiary/aromatic N) is 1. The number of hydrogen-bond donors (Lipinski definition) is 2. The molecule has 0 saturated carbocycles. The van der Waals surface area contributed by atoms with E-state index in [2.05, 4.69) is 10.6 Å². The fourth-order valence-electron chi connectivity index (χ4n) is 1.71. The summed E-state index contributed by atoms with van der Waals surface area (Å²) in [4.78, 5) is 13.1. The van der Waals surface area contributed by atoms with E-state index in [1.54, 1.807) is 25.1 Å². The van der Waals surface area contributed by atoms with Gasteiger partial charge in [-0.1, -0.05) is 13.0 Å². The van der Waals surface area contributed by atoms with Crippen molar-refractivity contribution < 1.29 is 9.18 Å². The zero-order valence-electron chi connectivity index (χ0n) is 11.1. The molecule has 0 unspecified atom stereocenters. The van der Waals surface area contributed by atoms with E-state index in [-0.39, 0.29) is 18.3 Å². The van der Waals surface area contributed by atoms with Crippen molar-refractivity contribution in [2.75, 3.05) is 32.1 Å². The van der Waals surface area contributed by atoms with Gasteiger partial charge in [0.25, 0.3) is 0 Å². The SMILES string of the molecule is CCNCc1c(F)cccc1N(C)CC(=O)NC. The molecule has 1 rings (SSSR count). The van der Waals surface area contributed by atoms with Crippen LogP contribution in [0.4, 0.5) is 10.1 Å². The van der Waals surface area contributed by atoms with Crippen molar-refractivity contribution >= 4 is 11.6 Å². The van der Waals surface area contributed by atoms with Gasteiger partial charge in [0.1, 0.15) is 5.82 Å². The number of rotatable bonds is 6. The third kappa shape index (κ3) is 3.70. The number of nitrogens with one attached hydrogen (secondary N) is 2. The van der Waals surface area contributed by atoms with Gasteiger partial charge in [0.15, 0.2) is 0 Å². The molecule has 0 aliphatic heterocycles. The van der Waals surface area contributed by atoms with Crippen molar-refractivity contribution in [2.24, 2.45) is 0 Å². The molecule has 1 aromatic carbocycles. The van der Waals surface area contributed by atoms with Crippen molar-refractivity contribution in [2.45, 2.75) is 13.5 Å². The lowest BCUT2D eigenvalue weighted by atomic mass is 10.1. The Bertz CT molecular complexity index is 409. The Morgan fingerprint density at radius 1 is 1.44 bits per heavy atom. The summed E-state index contributed by atoms with van der Waals surface area (Å²) in [5.41, 5.74) is 1.32. The van der Waals surface area contributed by atoms with E-state index in [1.807, 2.05) is 13.0 Å². The smallest absolute Gasteiger partial charge is 0.239 e. The van der Waals surface area contributed by atoms with Crippen LogP contribution in [-0.4, -0.2) is 33.1 Å².